The van der Waals surface area contributed by atoms with Crippen LogP contribution in [0, 0.1) is 0 Å². The molecule has 0 aromatic carbocycles. The Morgan fingerprint density at radius 2 is 2.03 bits per heavy atom. The molecule has 3 atom stereocenters. The fourth-order valence-corrected chi connectivity index (χ4v) is 3.33. The lowest BCUT2D eigenvalue weighted by molar-refractivity contribution is -0.259. The third-order valence-electron chi connectivity index (χ3n) is 5.25. The van der Waals surface area contributed by atoms with Crippen LogP contribution in [0.3, 0.4) is 0 Å². The number of imidazole rings is 1. The van der Waals surface area contributed by atoms with Crippen molar-refractivity contribution in [2.75, 3.05) is 18.4 Å². The molecule has 3 N–H and O–H groups in total. The van der Waals surface area contributed by atoms with Crippen LogP contribution < -0.4 is 10.6 Å². The van der Waals surface area contributed by atoms with Gasteiger partial charge < -0.3 is 15.7 Å². The number of halogens is 4. The summed E-state index contributed by atoms with van der Waals surface area (Å²) in [4.78, 5) is 12.7. The van der Waals surface area contributed by atoms with E-state index < -0.39 is 24.0 Å². The molecule has 4 rings (SSSR count). The number of aliphatic hydroxyl groups is 1. The molecule has 7 nitrogen and oxygen atoms in total. The Hall–Kier alpha value is -2.79. The Morgan fingerprint density at radius 1 is 1.23 bits per heavy atom. The van der Waals surface area contributed by atoms with E-state index in [9.17, 15) is 22.7 Å². The summed E-state index contributed by atoms with van der Waals surface area (Å²) in [5, 5.41) is 16.1. The minimum atomic E-state index is -4.84. The van der Waals surface area contributed by atoms with Gasteiger partial charge in [0, 0.05) is 24.5 Å². The molecule has 0 amide bonds. The van der Waals surface area contributed by atoms with E-state index in [0.717, 1.165) is 0 Å². The van der Waals surface area contributed by atoms with Gasteiger partial charge >= 0.3 is 6.18 Å². The van der Waals surface area contributed by atoms with Gasteiger partial charge in [0.1, 0.15) is 11.8 Å². The van der Waals surface area contributed by atoms with Crippen LogP contribution >= 0.6 is 0 Å². The van der Waals surface area contributed by atoms with Gasteiger partial charge in [-0.15, -0.1) is 0 Å². The normalized spacial score (nSPS) is 22.1. The van der Waals surface area contributed by atoms with Gasteiger partial charge in [-0.05, 0) is 32.0 Å². The van der Waals surface area contributed by atoms with Crippen LogP contribution in [0.15, 0.2) is 36.8 Å². The predicted octanol–water partition coefficient (Wildman–Crippen LogP) is 2.67. The largest absolute Gasteiger partial charge is 0.421 e. The van der Waals surface area contributed by atoms with Gasteiger partial charge in [0.15, 0.2) is 5.60 Å². The Kier molecular flexibility index (Phi) is 5.10. The standard InChI is InChI=1S/C19H20F4N6O/c1-18(30,19(21,22)23)11-2-3-16-26-9-15(29(16)10-11)13-5-7-25-17(27-13)28-14-8-24-6-4-12(14)20/h2-3,5,7,9-10,12,14,24,30H,4,6,8H2,1H3,(H,25,27,28). The second kappa shape index (κ2) is 7.47. The molecule has 3 aromatic rings. The average molecular weight is 424 g/mol. The Morgan fingerprint density at radius 3 is 2.77 bits per heavy atom. The number of piperidine rings is 1. The monoisotopic (exact) mass is 424 g/mol. The fourth-order valence-electron chi connectivity index (χ4n) is 3.33. The van der Waals surface area contributed by atoms with Gasteiger partial charge in [0.05, 0.1) is 23.6 Å². The van der Waals surface area contributed by atoms with Gasteiger partial charge in [-0.2, -0.15) is 13.2 Å². The van der Waals surface area contributed by atoms with Crippen molar-refractivity contribution in [3.63, 3.8) is 0 Å². The third-order valence-corrected chi connectivity index (χ3v) is 5.25. The molecule has 1 aliphatic rings. The molecule has 0 aliphatic carbocycles. The van der Waals surface area contributed by atoms with Crippen molar-refractivity contribution >= 4 is 11.6 Å². The van der Waals surface area contributed by atoms with E-state index in [1.54, 1.807) is 6.07 Å². The zero-order valence-electron chi connectivity index (χ0n) is 16.0. The third kappa shape index (κ3) is 3.70. The topological polar surface area (TPSA) is 87.4 Å². The molecule has 11 heteroatoms. The van der Waals surface area contributed by atoms with E-state index in [4.69, 9.17) is 0 Å². The van der Waals surface area contributed by atoms with Crippen molar-refractivity contribution in [2.24, 2.45) is 0 Å². The molecule has 0 spiro atoms. The number of anilines is 1. The molecule has 4 heterocycles. The molecule has 30 heavy (non-hydrogen) atoms. The van der Waals surface area contributed by atoms with Crippen molar-refractivity contribution in [1.82, 2.24) is 24.7 Å². The van der Waals surface area contributed by atoms with Crippen LogP contribution in [0.25, 0.3) is 17.0 Å². The molecule has 0 radical (unpaired) electrons. The Labute approximate surface area is 169 Å². The summed E-state index contributed by atoms with van der Waals surface area (Å²) in [6, 6.07) is 3.67. The Bertz CT molecular complexity index is 1050. The zero-order valence-corrected chi connectivity index (χ0v) is 16.0. The number of alkyl halides is 4. The number of hydrogen-bond acceptors (Lipinski definition) is 6. The van der Waals surface area contributed by atoms with Gasteiger partial charge in [-0.1, -0.05) is 6.07 Å². The van der Waals surface area contributed by atoms with E-state index >= 15 is 0 Å². The first-order valence-corrected chi connectivity index (χ1v) is 9.38. The molecule has 0 saturated carbocycles. The minimum Gasteiger partial charge on any atom is -0.376 e. The number of pyridine rings is 1. The summed E-state index contributed by atoms with van der Waals surface area (Å²) in [5.74, 6) is 0.206. The number of fused-ring (bicyclic) bond motifs is 1. The van der Waals surface area contributed by atoms with Crippen molar-refractivity contribution in [3.8, 4) is 11.4 Å². The first kappa shape index (κ1) is 20.5. The van der Waals surface area contributed by atoms with Crippen LogP contribution in [0.4, 0.5) is 23.5 Å². The molecule has 1 saturated heterocycles. The van der Waals surface area contributed by atoms with E-state index in [-0.39, 0.29) is 11.5 Å². The molecule has 160 valence electrons. The second-order valence-electron chi connectivity index (χ2n) is 7.38. The van der Waals surface area contributed by atoms with Crippen LogP contribution in [0.5, 0.6) is 0 Å². The van der Waals surface area contributed by atoms with E-state index in [1.165, 1.54) is 35.1 Å². The minimum absolute atomic E-state index is 0.206. The van der Waals surface area contributed by atoms with Crippen molar-refractivity contribution in [2.45, 2.75) is 37.3 Å². The molecular formula is C19H20F4N6O. The summed E-state index contributed by atoms with van der Waals surface area (Å²) < 4.78 is 55.2. The quantitative estimate of drug-likeness (QED) is 0.559. The maximum Gasteiger partial charge on any atom is 0.421 e. The van der Waals surface area contributed by atoms with Crippen LogP contribution in [0.1, 0.15) is 18.9 Å². The highest BCUT2D eigenvalue weighted by molar-refractivity contribution is 5.61. The lowest BCUT2D eigenvalue weighted by Gasteiger charge is -2.27. The SMILES string of the molecule is CC(O)(c1ccc2ncc(-c3ccnc(NC4CNCCC4F)n3)n2c1)C(F)(F)F. The maximum absolute atomic E-state index is 14.1. The van der Waals surface area contributed by atoms with Gasteiger partial charge in [-0.25, -0.2) is 19.3 Å². The maximum atomic E-state index is 14.1. The molecular weight excluding hydrogens is 404 g/mol. The summed E-state index contributed by atoms with van der Waals surface area (Å²) in [5.41, 5.74) is -2.16. The molecule has 0 bridgehead atoms. The Balaban J connectivity index is 1.69. The predicted molar refractivity (Wildman–Crippen MR) is 102 cm³/mol. The van der Waals surface area contributed by atoms with Crippen LogP contribution in [-0.2, 0) is 5.60 Å². The first-order valence-electron chi connectivity index (χ1n) is 9.38. The number of rotatable bonds is 4. The zero-order chi connectivity index (χ0) is 21.5. The number of nitrogens with one attached hydrogen (secondary N) is 2. The number of aromatic nitrogens is 4. The highest BCUT2D eigenvalue weighted by Gasteiger charge is 2.51. The molecule has 3 aromatic heterocycles. The van der Waals surface area contributed by atoms with Crippen molar-refractivity contribution in [1.29, 1.82) is 0 Å². The fraction of sp³-hybridized carbons (Fsp3) is 0.421. The van der Waals surface area contributed by atoms with E-state index in [1.807, 2.05) is 0 Å². The average Bonchev–Trinajstić information content (AvgIpc) is 3.12. The highest BCUT2D eigenvalue weighted by atomic mass is 19.4. The number of nitrogens with zero attached hydrogens (tertiary/aromatic N) is 4. The van der Waals surface area contributed by atoms with E-state index in [0.29, 0.717) is 43.5 Å². The van der Waals surface area contributed by atoms with E-state index in [2.05, 4.69) is 25.6 Å². The first-order chi connectivity index (χ1) is 14.2. The highest BCUT2D eigenvalue weighted by Crippen LogP contribution is 2.38. The van der Waals surface area contributed by atoms with Gasteiger partial charge in [0.25, 0.3) is 0 Å². The smallest absolute Gasteiger partial charge is 0.376 e. The number of hydrogen-bond donors (Lipinski definition) is 3. The summed E-state index contributed by atoms with van der Waals surface area (Å²) >= 11 is 0. The molecule has 3 unspecified atom stereocenters. The summed E-state index contributed by atoms with van der Waals surface area (Å²) in [6.07, 6.45) is -1.38. The van der Waals surface area contributed by atoms with Crippen LogP contribution in [0.2, 0.25) is 0 Å². The van der Waals surface area contributed by atoms with Gasteiger partial charge in [-0.3, -0.25) is 4.40 Å². The lowest BCUT2D eigenvalue weighted by Crippen LogP contribution is -2.46. The summed E-state index contributed by atoms with van der Waals surface area (Å²) in [7, 11) is 0. The molecule has 1 aliphatic heterocycles. The van der Waals surface area contributed by atoms with Gasteiger partial charge in [0.2, 0.25) is 5.95 Å². The van der Waals surface area contributed by atoms with Crippen LogP contribution in [-0.4, -0.2) is 55.9 Å². The van der Waals surface area contributed by atoms with Crippen molar-refractivity contribution in [3.05, 3.63) is 42.4 Å². The lowest BCUT2D eigenvalue weighted by atomic mass is 9.97. The van der Waals surface area contributed by atoms with Crippen molar-refractivity contribution < 1.29 is 22.7 Å². The summed E-state index contributed by atoms with van der Waals surface area (Å²) in [6.45, 7) is 1.73. The molecule has 1 fully saturated rings. The second-order valence-corrected chi connectivity index (χ2v) is 7.38.